The molecule has 1 aliphatic heterocycles. The number of aryl methyl sites for hydroxylation is 1. The van der Waals surface area contributed by atoms with Gasteiger partial charge < -0.3 is 0 Å². The van der Waals surface area contributed by atoms with Gasteiger partial charge in [-0.2, -0.15) is 5.26 Å². The summed E-state index contributed by atoms with van der Waals surface area (Å²) in [5.41, 5.74) is 1.65. The summed E-state index contributed by atoms with van der Waals surface area (Å²) in [5, 5.41) is 8.66. The first kappa shape index (κ1) is 20.1. The van der Waals surface area contributed by atoms with Gasteiger partial charge in [-0.25, -0.2) is 21.6 Å². The Kier molecular flexibility index (Phi) is 4.80. The van der Waals surface area contributed by atoms with E-state index in [0.717, 1.165) is 31.2 Å². The maximum Gasteiger partial charge on any atom is 0.240 e. The number of benzene rings is 2. The van der Waals surface area contributed by atoms with Crippen LogP contribution < -0.4 is 4.72 Å². The van der Waals surface area contributed by atoms with Gasteiger partial charge in [0.05, 0.1) is 20.8 Å². The molecule has 0 saturated heterocycles. The Morgan fingerprint density at radius 2 is 1.79 bits per heavy atom. The van der Waals surface area contributed by atoms with E-state index in [9.17, 15) is 16.8 Å². The number of nitrogens with one attached hydrogen (secondary N) is 1. The molecule has 0 aromatic heterocycles. The number of hydrogen-bond acceptors (Lipinski definition) is 5. The van der Waals surface area contributed by atoms with Crippen LogP contribution in [0.4, 0.5) is 0 Å². The van der Waals surface area contributed by atoms with Crippen LogP contribution in [0.25, 0.3) is 0 Å². The fourth-order valence-electron chi connectivity index (χ4n) is 4.75. The number of sulfone groups is 1. The predicted molar refractivity (Wildman–Crippen MR) is 108 cm³/mol. The van der Waals surface area contributed by atoms with E-state index in [1.54, 1.807) is 25.1 Å². The molecule has 0 amide bonds. The van der Waals surface area contributed by atoms with Crippen molar-refractivity contribution in [3.63, 3.8) is 0 Å². The number of rotatable bonds is 4. The van der Waals surface area contributed by atoms with Crippen LogP contribution >= 0.6 is 0 Å². The van der Waals surface area contributed by atoms with E-state index in [2.05, 4.69) is 4.72 Å². The Morgan fingerprint density at radius 1 is 1.10 bits per heavy atom. The Labute approximate surface area is 171 Å². The van der Waals surface area contributed by atoms with Crippen molar-refractivity contribution in [2.45, 2.75) is 59.1 Å². The second-order valence-corrected chi connectivity index (χ2v) is 11.3. The van der Waals surface area contributed by atoms with Crippen molar-refractivity contribution in [1.82, 2.24) is 4.72 Å². The van der Waals surface area contributed by atoms with Gasteiger partial charge in [0.25, 0.3) is 0 Å². The van der Waals surface area contributed by atoms with Crippen molar-refractivity contribution < 1.29 is 16.8 Å². The van der Waals surface area contributed by atoms with Crippen molar-refractivity contribution >= 4 is 19.9 Å². The summed E-state index contributed by atoms with van der Waals surface area (Å²) < 4.78 is 54.8. The fourth-order valence-corrected chi connectivity index (χ4v) is 7.97. The van der Waals surface area contributed by atoms with Gasteiger partial charge in [-0.05, 0) is 48.6 Å². The van der Waals surface area contributed by atoms with Crippen LogP contribution in [-0.4, -0.2) is 23.4 Å². The SMILES string of the molecule is Cc1cc2c(cc1S(=O)(=O)NCCC#N)S(=O)(=O)c1ccccc1C21CCCC1. The molecule has 0 radical (unpaired) electrons. The Balaban J connectivity index is 1.96. The lowest BCUT2D eigenvalue weighted by molar-refractivity contribution is 0.493. The summed E-state index contributed by atoms with van der Waals surface area (Å²) in [6.45, 7) is 1.67. The maximum absolute atomic E-state index is 13.4. The van der Waals surface area contributed by atoms with Crippen LogP contribution in [0.2, 0.25) is 0 Å². The molecule has 1 fully saturated rings. The van der Waals surface area contributed by atoms with Crippen molar-refractivity contribution in [2.75, 3.05) is 6.54 Å². The topological polar surface area (TPSA) is 104 Å². The van der Waals surface area contributed by atoms with Crippen LogP contribution in [0, 0.1) is 18.3 Å². The number of hydrogen-bond donors (Lipinski definition) is 1. The Bertz CT molecular complexity index is 1240. The van der Waals surface area contributed by atoms with Gasteiger partial charge in [0, 0.05) is 18.4 Å². The zero-order valence-electron chi connectivity index (χ0n) is 16.1. The molecule has 0 bridgehead atoms. The van der Waals surface area contributed by atoms with E-state index in [4.69, 9.17) is 5.26 Å². The Morgan fingerprint density at radius 3 is 2.48 bits per heavy atom. The van der Waals surface area contributed by atoms with E-state index >= 15 is 0 Å². The second-order valence-electron chi connectivity index (χ2n) is 7.71. The van der Waals surface area contributed by atoms with Crippen molar-refractivity contribution in [3.8, 4) is 6.07 Å². The van der Waals surface area contributed by atoms with Gasteiger partial charge in [0.15, 0.2) is 0 Å². The second kappa shape index (κ2) is 6.94. The summed E-state index contributed by atoms with van der Waals surface area (Å²) >= 11 is 0. The quantitative estimate of drug-likeness (QED) is 0.750. The fraction of sp³-hybridized carbons (Fsp3) is 0.381. The molecule has 29 heavy (non-hydrogen) atoms. The molecule has 1 heterocycles. The maximum atomic E-state index is 13.4. The molecule has 0 unspecified atom stereocenters. The van der Waals surface area contributed by atoms with Crippen molar-refractivity contribution in [2.24, 2.45) is 0 Å². The minimum absolute atomic E-state index is 0.0190. The molecular weight excluding hydrogens is 408 g/mol. The lowest BCUT2D eigenvalue weighted by Crippen LogP contribution is -2.34. The summed E-state index contributed by atoms with van der Waals surface area (Å²) in [4.78, 5) is 0.314. The van der Waals surface area contributed by atoms with E-state index in [0.29, 0.717) is 11.1 Å². The lowest BCUT2D eigenvalue weighted by Gasteiger charge is -2.38. The molecule has 1 N–H and O–H groups in total. The van der Waals surface area contributed by atoms with Gasteiger partial charge in [-0.3, -0.25) is 0 Å². The average molecular weight is 431 g/mol. The van der Waals surface area contributed by atoms with E-state index in [1.807, 2.05) is 18.2 Å². The third kappa shape index (κ3) is 3.00. The third-order valence-corrected chi connectivity index (χ3v) is 9.50. The van der Waals surface area contributed by atoms with E-state index in [-0.39, 0.29) is 27.7 Å². The molecule has 8 heteroatoms. The molecule has 2 aliphatic rings. The number of fused-ring (bicyclic) bond motifs is 4. The molecule has 152 valence electrons. The molecule has 6 nitrogen and oxygen atoms in total. The zero-order chi connectivity index (χ0) is 20.9. The molecule has 1 saturated carbocycles. The standard InChI is InChI=1S/C21H22N2O4S2/c1-15-13-17-20(14-19(15)29(26,27)23-12-6-11-22)28(24,25)18-8-3-2-7-16(18)21(17)9-4-5-10-21/h2-3,7-8,13-14,23H,4-6,9-10,12H2,1H3. The first-order chi connectivity index (χ1) is 13.7. The molecular formula is C21H22N2O4S2. The van der Waals surface area contributed by atoms with Crippen molar-refractivity contribution in [3.05, 3.63) is 53.1 Å². The normalized spacial score (nSPS) is 18.8. The van der Waals surface area contributed by atoms with Crippen LogP contribution in [0.3, 0.4) is 0 Å². The van der Waals surface area contributed by atoms with Gasteiger partial charge >= 0.3 is 0 Å². The highest BCUT2D eigenvalue weighted by Gasteiger charge is 2.48. The first-order valence-corrected chi connectivity index (χ1v) is 12.6. The molecule has 1 aliphatic carbocycles. The summed E-state index contributed by atoms with van der Waals surface area (Å²) in [7, 11) is -7.76. The molecule has 2 aromatic rings. The van der Waals surface area contributed by atoms with Gasteiger partial charge in [0.2, 0.25) is 19.9 Å². The van der Waals surface area contributed by atoms with Gasteiger partial charge in [-0.15, -0.1) is 0 Å². The molecule has 1 spiro atoms. The van der Waals surface area contributed by atoms with E-state index in [1.165, 1.54) is 6.07 Å². The highest BCUT2D eigenvalue weighted by Crippen LogP contribution is 2.54. The molecule has 0 atom stereocenters. The van der Waals surface area contributed by atoms with Crippen LogP contribution in [-0.2, 0) is 25.3 Å². The number of sulfonamides is 1. The van der Waals surface area contributed by atoms with Crippen LogP contribution in [0.1, 0.15) is 48.8 Å². The minimum Gasteiger partial charge on any atom is -0.218 e. The van der Waals surface area contributed by atoms with Gasteiger partial charge in [0.1, 0.15) is 0 Å². The van der Waals surface area contributed by atoms with Gasteiger partial charge in [-0.1, -0.05) is 37.1 Å². The largest absolute Gasteiger partial charge is 0.240 e. The summed E-state index contributed by atoms with van der Waals surface area (Å²) in [5.74, 6) is 0. The monoisotopic (exact) mass is 430 g/mol. The number of nitriles is 1. The average Bonchev–Trinajstić information content (AvgIpc) is 3.17. The summed E-state index contributed by atoms with van der Waals surface area (Å²) in [6.07, 6.45) is 3.74. The smallest absolute Gasteiger partial charge is 0.218 e. The number of nitrogens with zero attached hydrogens (tertiary/aromatic N) is 1. The molecule has 2 aromatic carbocycles. The highest BCUT2D eigenvalue weighted by atomic mass is 32.2. The Hall–Kier alpha value is -2.21. The van der Waals surface area contributed by atoms with Crippen LogP contribution in [0.5, 0.6) is 0 Å². The minimum atomic E-state index is -3.92. The summed E-state index contributed by atoms with van der Waals surface area (Å²) in [6, 6.07) is 12.0. The zero-order valence-corrected chi connectivity index (χ0v) is 17.7. The molecule has 4 rings (SSSR count). The highest BCUT2D eigenvalue weighted by molar-refractivity contribution is 7.92. The predicted octanol–water partition coefficient (Wildman–Crippen LogP) is 3.19. The van der Waals surface area contributed by atoms with Crippen molar-refractivity contribution in [1.29, 1.82) is 5.26 Å². The first-order valence-electron chi connectivity index (χ1n) is 9.60. The van der Waals surface area contributed by atoms with Crippen LogP contribution in [0.15, 0.2) is 51.1 Å². The third-order valence-electron chi connectivity index (χ3n) is 6.05. The van der Waals surface area contributed by atoms with E-state index < -0.39 is 25.3 Å². The lowest BCUT2D eigenvalue weighted by atomic mass is 9.72.